The van der Waals surface area contributed by atoms with Crippen LogP contribution in [0, 0.1) is 0 Å². The molecule has 1 aromatic rings. The lowest BCUT2D eigenvalue weighted by atomic mass is 10.3. The quantitative estimate of drug-likeness (QED) is 0.574. The van der Waals surface area contributed by atoms with E-state index in [-0.39, 0.29) is 0 Å². The van der Waals surface area contributed by atoms with Crippen LogP contribution < -0.4 is 4.52 Å². The molecule has 0 aliphatic heterocycles. The minimum atomic E-state index is 0.632. The molecule has 3 heteroatoms. The Balaban J connectivity index is 3.01. The molecule has 0 fully saturated rings. The van der Waals surface area contributed by atoms with E-state index >= 15 is 0 Å². The van der Waals surface area contributed by atoms with Crippen LogP contribution in [0.25, 0.3) is 0 Å². The highest BCUT2D eigenvalue weighted by molar-refractivity contribution is 7.10. The fraction of sp³-hybridized carbons (Fsp3) is 0. The lowest BCUT2D eigenvalue weighted by molar-refractivity contribution is 0.646. The molecule has 1 nitrogen and oxygen atoms in total. The van der Waals surface area contributed by atoms with Gasteiger partial charge < -0.3 is 4.52 Å². The number of hydrogen-bond donors (Lipinski definition) is 0. The second kappa shape index (κ2) is 3.05. The van der Waals surface area contributed by atoms with E-state index in [1.165, 1.54) is 0 Å². The summed E-state index contributed by atoms with van der Waals surface area (Å²) in [5, 5.41) is 0.632. The molecule has 0 heterocycles. The summed E-state index contributed by atoms with van der Waals surface area (Å²) in [5.74, 6) is 0.684. The van der Waals surface area contributed by atoms with E-state index in [1.54, 1.807) is 12.1 Å². The van der Waals surface area contributed by atoms with E-state index < -0.39 is 0 Å². The smallest absolute Gasteiger partial charge is 0.141 e. The molecule has 1 unspecified atom stereocenters. The molecule has 0 aliphatic carbocycles. The second-order valence-corrected chi connectivity index (χ2v) is 2.19. The van der Waals surface area contributed by atoms with Crippen LogP contribution in [0.5, 0.6) is 5.75 Å². The van der Waals surface area contributed by atoms with E-state index in [9.17, 15) is 0 Å². The first kappa shape index (κ1) is 6.85. The average molecular weight is 161 g/mol. The molecule has 0 aliphatic rings. The topological polar surface area (TPSA) is 9.23 Å². The van der Waals surface area contributed by atoms with Gasteiger partial charge in [0.1, 0.15) is 5.75 Å². The molecule has 48 valence electrons. The molecule has 9 heavy (non-hydrogen) atoms. The van der Waals surface area contributed by atoms with Crippen molar-refractivity contribution in [1.29, 1.82) is 0 Å². The third-order valence-electron chi connectivity index (χ3n) is 0.964. The van der Waals surface area contributed by atoms with Gasteiger partial charge >= 0.3 is 0 Å². The van der Waals surface area contributed by atoms with Crippen LogP contribution in [0.2, 0.25) is 5.02 Å². The standard InChI is InChI=1S/C6H6ClOP/c7-5-3-1-2-4-6(5)8-9/h1-4H,9H2. The highest BCUT2D eigenvalue weighted by Gasteiger charge is 1.93. The molecule has 1 atom stereocenters. The zero-order valence-corrected chi connectivity index (χ0v) is 6.58. The zero-order valence-electron chi connectivity index (χ0n) is 4.67. The minimum absolute atomic E-state index is 0.632. The molecule has 1 aromatic carbocycles. The summed E-state index contributed by atoms with van der Waals surface area (Å²) >= 11 is 5.69. The van der Waals surface area contributed by atoms with Crippen molar-refractivity contribution >= 4 is 21.1 Å². The van der Waals surface area contributed by atoms with Gasteiger partial charge in [0.2, 0.25) is 0 Å². The molecule has 1 rings (SSSR count). The van der Waals surface area contributed by atoms with Crippen molar-refractivity contribution in [3.8, 4) is 5.75 Å². The van der Waals surface area contributed by atoms with Gasteiger partial charge in [-0.15, -0.1) is 0 Å². The van der Waals surface area contributed by atoms with Crippen LogP contribution in [-0.2, 0) is 0 Å². The summed E-state index contributed by atoms with van der Waals surface area (Å²) in [7, 11) is 2.14. The van der Waals surface area contributed by atoms with E-state index in [1.807, 2.05) is 12.1 Å². The fourth-order valence-electron chi connectivity index (χ4n) is 0.540. The first-order valence-corrected chi connectivity index (χ1v) is 3.31. The van der Waals surface area contributed by atoms with Gasteiger partial charge in [-0.3, -0.25) is 0 Å². The van der Waals surface area contributed by atoms with Gasteiger partial charge in [-0.1, -0.05) is 23.7 Å². The number of para-hydroxylation sites is 1. The molecule has 0 amide bonds. The lowest BCUT2D eigenvalue weighted by Crippen LogP contribution is -1.72. The van der Waals surface area contributed by atoms with E-state index in [0.29, 0.717) is 10.8 Å². The van der Waals surface area contributed by atoms with Crippen molar-refractivity contribution in [2.24, 2.45) is 0 Å². The predicted molar refractivity (Wildman–Crippen MR) is 41.8 cm³/mol. The summed E-state index contributed by atoms with van der Waals surface area (Å²) in [5.41, 5.74) is 0. The Morgan fingerprint density at radius 1 is 1.33 bits per heavy atom. The third kappa shape index (κ3) is 1.57. The maximum atomic E-state index is 5.69. The van der Waals surface area contributed by atoms with E-state index in [4.69, 9.17) is 16.1 Å². The summed E-state index contributed by atoms with van der Waals surface area (Å²) in [4.78, 5) is 0. The average Bonchev–Trinajstić information content (AvgIpc) is 1.89. The van der Waals surface area contributed by atoms with Gasteiger partial charge in [0.25, 0.3) is 0 Å². The normalized spacial score (nSPS) is 9.11. The number of benzene rings is 1. The Hall–Kier alpha value is -0.260. The zero-order chi connectivity index (χ0) is 6.69. The van der Waals surface area contributed by atoms with Gasteiger partial charge in [-0.25, -0.2) is 0 Å². The van der Waals surface area contributed by atoms with Gasteiger partial charge in [0.15, 0.2) is 0 Å². The van der Waals surface area contributed by atoms with Gasteiger partial charge in [-0.2, -0.15) is 0 Å². The number of hydrogen-bond acceptors (Lipinski definition) is 1. The van der Waals surface area contributed by atoms with Crippen LogP contribution in [0.1, 0.15) is 0 Å². The van der Waals surface area contributed by atoms with Gasteiger partial charge in [0.05, 0.1) is 14.5 Å². The third-order valence-corrected chi connectivity index (χ3v) is 1.53. The highest BCUT2D eigenvalue weighted by Crippen LogP contribution is 2.24. The molecule has 0 aromatic heterocycles. The molecular weight excluding hydrogens is 154 g/mol. The highest BCUT2D eigenvalue weighted by atomic mass is 35.5. The Kier molecular flexibility index (Phi) is 2.32. The Morgan fingerprint density at radius 3 is 2.44 bits per heavy atom. The van der Waals surface area contributed by atoms with Crippen molar-refractivity contribution in [3.05, 3.63) is 29.3 Å². The summed E-state index contributed by atoms with van der Waals surface area (Å²) < 4.78 is 4.83. The lowest BCUT2D eigenvalue weighted by Gasteiger charge is -1.98. The van der Waals surface area contributed by atoms with Crippen LogP contribution in [-0.4, -0.2) is 0 Å². The van der Waals surface area contributed by atoms with E-state index in [2.05, 4.69) is 9.47 Å². The van der Waals surface area contributed by atoms with Crippen molar-refractivity contribution in [1.82, 2.24) is 0 Å². The van der Waals surface area contributed by atoms with E-state index in [0.717, 1.165) is 0 Å². The maximum Gasteiger partial charge on any atom is 0.141 e. The van der Waals surface area contributed by atoms with Gasteiger partial charge in [0, 0.05) is 0 Å². The second-order valence-electron chi connectivity index (χ2n) is 1.55. The van der Waals surface area contributed by atoms with Crippen molar-refractivity contribution in [2.45, 2.75) is 0 Å². The molecule has 0 saturated carbocycles. The van der Waals surface area contributed by atoms with Crippen LogP contribution >= 0.6 is 21.1 Å². The monoisotopic (exact) mass is 160 g/mol. The molecule has 0 saturated heterocycles. The number of halogens is 1. The molecule has 0 bridgehead atoms. The summed E-state index contributed by atoms with van der Waals surface area (Å²) in [6.07, 6.45) is 0. The first-order valence-electron chi connectivity index (χ1n) is 2.46. The minimum Gasteiger partial charge on any atom is -0.479 e. The van der Waals surface area contributed by atoms with Crippen LogP contribution in [0.4, 0.5) is 0 Å². The van der Waals surface area contributed by atoms with Crippen molar-refractivity contribution in [2.75, 3.05) is 0 Å². The summed E-state index contributed by atoms with van der Waals surface area (Å²) in [6, 6.07) is 7.30. The van der Waals surface area contributed by atoms with Crippen LogP contribution in [0.15, 0.2) is 24.3 Å². The molecule has 0 spiro atoms. The number of rotatable bonds is 1. The Morgan fingerprint density at radius 2 is 2.00 bits per heavy atom. The molecular formula is C6H6ClOP. The molecule has 0 N–H and O–H groups in total. The first-order chi connectivity index (χ1) is 4.34. The van der Waals surface area contributed by atoms with Gasteiger partial charge in [-0.05, 0) is 12.1 Å². The predicted octanol–water partition coefficient (Wildman–Crippen LogP) is 2.51. The summed E-state index contributed by atoms with van der Waals surface area (Å²) in [6.45, 7) is 0. The van der Waals surface area contributed by atoms with Crippen molar-refractivity contribution in [3.63, 3.8) is 0 Å². The Bertz CT molecular complexity index is 202. The van der Waals surface area contributed by atoms with Crippen molar-refractivity contribution < 1.29 is 4.52 Å². The largest absolute Gasteiger partial charge is 0.479 e. The maximum absolute atomic E-state index is 5.69. The Labute approximate surface area is 61.3 Å². The SMILES string of the molecule is POc1ccccc1Cl. The van der Waals surface area contributed by atoms with Crippen LogP contribution in [0.3, 0.4) is 0 Å². The fourth-order valence-corrected chi connectivity index (χ4v) is 1.00. The molecule has 0 radical (unpaired) electrons.